The number of carbonyl (C=O) groups excluding carboxylic acids is 2. The number of carbonyl (C=O) groups is 2. The molecule has 1 fully saturated rings. The van der Waals surface area contributed by atoms with Crippen molar-refractivity contribution >= 4 is 17.6 Å². The Kier molecular flexibility index (Phi) is 5.60. The summed E-state index contributed by atoms with van der Waals surface area (Å²) >= 11 is 0. The van der Waals surface area contributed by atoms with Crippen LogP contribution in [-0.4, -0.2) is 51.4 Å². The van der Waals surface area contributed by atoms with Crippen LogP contribution in [0.15, 0.2) is 0 Å². The molecule has 2 amide bonds. The molecule has 1 saturated heterocycles. The smallest absolute Gasteiger partial charge is 0.226 e. The Hall–Kier alpha value is -1.89. The van der Waals surface area contributed by atoms with E-state index in [1.165, 1.54) is 0 Å². The zero-order valence-corrected chi connectivity index (χ0v) is 17.3. The van der Waals surface area contributed by atoms with Crippen LogP contribution < -0.4 is 5.32 Å². The van der Waals surface area contributed by atoms with Crippen LogP contribution in [0.1, 0.15) is 65.1 Å². The van der Waals surface area contributed by atoms with Gasteiger partial charge in [-0.05, 0) is 52.2 Å². The Labute approximate surface area is 161 Å². The Balaban J connectivity index is 1.72. The summed E-state index contributed by atoms with van der Waals surface area (Å²) in [5.41, 5.74) is 1.43. The van der Waals surface area contributed by atoms with Crippen LogP contribution in [0.5, 0.6) is 0 Å². The maximum atomic E-state index is 13.2. The first-order chi connectivity index (χ1) is 12.7. The quantitative estimate of drug-likeness (QED) is 0.829. The molecule has 1 aromatic rings. The van der Waals surface area contributed by atoms with Crippen LogP contribution >= 0.6 is 0 Å². The minimum Gasteiger partial charge on any atom is -0.327 e. The Morgan fingerprint density at radius 1 is 1.30 bits per heavy atom. The average Bonchev–Trinajstić information content (AvgIpc) is 3.12. The molecule has 1 aromatic heterocycles. The van der Waals surface area contributed by atoms with E-state index in [4.69, 9.17) is 0 Å². The van der Waals surface area contributed by atoms with Crippen molar-refractivity contribution in [1.82, 2.24) is 20.0 Å². The molecule has 150 valence electrons. The van der Waals surface area contributed by atoms with E-state index in [0.29, 0.717) is 24.7 Å². The second-order valence-corrected chi connectivity index (χ2v) is 8.76. The van der Waals surface area contributed by atoms with Gasteiger partial charge in [0.1, 0.15) is 0 Å². The summed E-state index contributed by atoms with van der Waals surface area (Å²) in [6.07, 6.45) is 2.30. The van der Waals surface area contributed by atoms with Crippen molar-refractivity contribution < 1.29 is 9.59 Å². The van der Waals surface area contributed by atoms with E-state index in [1.807, 2.05) is 18.7 Å². The number of H-pyrrole nitrogens is 1. The van der Waals surface area contributed by atoms with Crippen molar-refractivity contribution in [3.05, 3.63) is 11.3 Å². The highest BCUT2D eigenvalue weighted by atomic mass is 16.2. The zero-order valence-electron chi connectivity index (χ0n) is 17.3. The third-order valence-corrected chi connectivity index (χ3v) is 5.97. The Bertz CT molecular complexity index is 701. The molecule has 7 heteroatoms. The topological polar surface area (TPSA) is 81.3 Å². The van der Waals surface area contributed by atoms with Gasteiger partial charge >= 0.3 is 0 Å². The van der Waals surface area contributed by atoms with Crippen molar-refractivity contribution in [3.63, 3.8) is 0 Å². The van der Waals surface area contributed by atoms with Gasteiger partial charge in [-0.15, -0.1) is 0 Å². The summed E-state index contributed by atoms with van der Waals surface area (Å²) < 4.78 is 0. The molecular weight excluding hydrogens is 342 g/mol. The van der Waals surface area contributed by atoms with Crippen LogP contribution in [0, 0.1) is 11.8 Å². The predicted molar refractivity (Wildman–Crippen MR) is 105 cm³/mol. The molecule has 0 atom stereocenters. The van der Waals surface area contributed by atoms with Gasteiger partial charge in [0.05, 0.1) is 17.8 Å². The van der Waals surface area contributed by atoms with Crippen molar-refractivity contribution in [1.29, 1.82) is 0 Å². The van der Waals surface area contributed by atoms with Gasteiger partial charge in [0, 0.05) is 17.9 Å². The van der Waals surface area contributed by atoms with Crippen LogP contribution in [-0.2, 0) is 21.7 Å². The molecule has 0 bridgehead atoms. The van der Waals surface area contributed by atoms with Crippen molar-refractivity contribution in [3.8, 4) is 0 Å². The third-order valence-electron chi connectivity index (χ3n) is 5.97. The second kappa shape index (κ2) is 7.62. The SMILES string of the molecule is CCN1CCC(C(=O)N2Cc3c(NC(=O)CC(C)C)n[nH]c3C2(C)C)CC1. The normalized spacial score (nSPS) is 20.1. The van der Waals surface area contributed by atoms with E-state index in [-0.39, 0.29) is 17.7 Å². The number of rotatable bonds is 5. The van der Waals surface area contributed by atoms with Gasteiger partial charge in [0.25, 0.3) is 0 Å². The maximum absolute atomic E-state index is 13.2. The maximum Gasteiger partial charge on any atom is 0.226 e. The number of anilines is 1. The van der Waals surface area contributed by atoms with Gasteiger partial charge in [-0.3, -0.25) is 14.7 Å². The molecule has 3 heterocycles. The van der Waals surface area contributed by atoms with E-state index < -0.39 is 5.54 Å². The van der Waals surface area contributed by atoms with Crippen LogP contribution in [0.4, 0.5) is 5.82 Å². The van der Waals surface area contributed by atoms with E-state index in [9.17, 15) is 9.59 Å². The second-order valence-electron chi connectivity index (χ2n) is 8.76. The molecule has 0 aliphatic carbocycles. The molecule has 0 aromatic carbocycles. The molecule has 0 saturated carbocycles. The molecule has 0 spiro atoms. The van der Waals surface area contributed by atoms with Gasteiger partial charge in [-0.2, -0.15) is 5.10 Å². The molecule has 2 N–H and O–H groups in total. The molecule has 2 aliphatic rings. The highest BCUT2D eigenvalue weighted by Crippen LogP contribution is 2.42. The molecule has 7 nitrogen and oxygen atoms in total. The molecule has 0 unspecified atom stereocenters. The first-order valence-electron chi connectivity index (χ1n) is 10.1. The number of likely N-dealkylation sites (tertiary alicyclic amines) is 1. The number of aromatic nitrogens is 2. The summed E-state index contributed by atoms with van der Waals surface area (Å²) in [4.78, 5) is 29.8. The fraction of sp³-hybridized carbons (Fsp3) is 0.750. The lowest BCUT2D eigenvalue weighted by atomic mass is 9.93. The van der Waals surface area contributed by atoms with E-state index in [2.05, 4.69) is 41.2 Å². The lowest BCUT2D eigenvalue weighted by molar-refractivity contribution is -0.142. The summed E-state index contributed by atoms with van der Waals surface area (Å²) in [7, 11) is 0. The van der Waals surface area contributed by atoms with Gasteiger partial charge in [0.2, 0.25) is 11.8 Å². The van der Waals surface area contributed by atoms with Crippen molar-refractivity contribution in [2.75, 3.05) is 25.0 Å². The molecule has 2 aliphatic heterocycles. The minimum absolute atomic E-state index is 0.0335. The van der Waals surface area contributed by atoms with Crippen molar-refractivity contribution in [2.45, 2.75) is 66.0 Å². The lowest BCUT2D eigenvalue weighted by Crippen LogP contribution is -2.46. The fourth-order valence-electron chi connectivity index (χ4n) is 4.24. The number of piperidine rings is 1. The zero-order chi connectivity index (χ0) is 19.8. The van der Waals surface area contributed by atoms with Crippen LogP contribution in [0.3, 0.4) is 0 Å². The first-order valence-corrected chi connectivity index (χ1v) is 10.1. The number of fused-ring (bicyclic) bond motifs is 1. The number of hydrogen-bond acceptors (Lipinski definition) is 4. The highest BCUT2D eigenvalue weighted by molar-refractivity contribution is 5.91. The number of nitrogens with one attached hydrogen (secondary N) is 2. The molecule has 3 rings (SSSR count). The molecule has 27 heavy (non-hydrogen) atoms. The number of aromatic amines is 1. The van der Waals surface area contributed by atoms with E-state index in [0.717, 1.165) is 43.7 Å². The van der Waals surface area contributed by atoms with Crippen LogP contribution in [0.25, 0.3) is 0 Å². The summed E-state index contributed by atoms with van der Waals surface area (Å²) in [6.45, 7) is 13.8. The highest BCUT2D eigenvalue weighted by Gasteiger charge is 2.45. The third kappa shape index (κ3) is 3.88. The Morgan fingerprint density at radius 3 is 2.56 bits per heavy atom. The van der Waals surface area contributed by atoms with Gasteiger partial charge in [-0.25, -0.2) is 0 Å². The summed E-state index contributed by atoms with van der Waals surface area (Å²) in [6, 6.07) is 0. The number of amides is 2. The lowest BCUT2D eigenvalue weighted by Gasteiger charge is -2.37. The predicted octanol–water partition coefficient (Wildman–Crippen LogP) is 2.70. The Morgan fingerprint density at radius 2 is 1.96 bits per heavy atom. The van der Waals surface area contributed by atoms with Crippen LogP contribution in [0.2, 0.25) is 0 Å². The summed E-state index contributed by atoms with van der Waals surface area (Å²) in [5, 5.41) is 10.3. The summed E-state index contributed by atoms with van der Waals surface area (Å²) in [5.74, 6) is 1.14. The minimum atomic E-state index is -0.442. The fourth-order valence-corrected chi connectivity index (χ4v) is 4.24. The number of hydrogen-bond donors (Lipinski definition) is 2. The van der Waals surface area contributed by atoms with Gasteiger partial charge in [0.15, 0.2) is 5.82 Å². The van der Waals surface area contributed by atoms with E-state index >= 15 is 0 Å². The van der Waals surface area contributed by atoms with Gasteiger partial charge in [-0.1, -0.05) is 20.8 Å². The number of nitrogens with zero attached hydrogens (tertiary/aromatic N) is 3. The largest absolute Gasteiger partial charge is 0.327 e. The van der Waals surface area contributed by atoms with E-state index in [1.54, 1.807) is 0 Å². The van der Waals surface area contributed by atoms with Gasteiger partial charge < -0.3 is 15.1 Å². The van der Waals surface area contributed by atoms with Crippen molar-refractivity contribution in [2.24, 2.45) is 11.8 Å². The average molecular weight is 376 g/mol. The first kappa shape index (κ1) is 19.9. The monoisotopic (exact) mass is 375 g/mol. The molecular formula is C20H33N5O2. The molecule has 0 radical (unpaired) electrons. The standard InChI is InChI=1S/C20H33N5O2/c1-6-24-9-7-14(8-10-24)19(27)25-12-15-17(20(25,4)5)22-23-18(15)21-16(26)11-13(2)3/h13-14H,6-12H2,1-5H3,(H2,21,22,23,26).